The molecule has 5 nitrogen and oxygen atoms in total. The van der Waals surface area contributed by atoms with Crippen LogP contribution in [-0.2, 0) is 9.59 Å². The Morgan fingerprint density at radius 3 is 2.50 bits per heavy atom. The number of carbonyl (C=O) groups excluding carboxylic acids is 2. The molecule has 2 unspecified atom stereocenters. The summed E-state index contributed by atoms with van der Waals surface area (Å²) >= 11 is 1.35. The molecular formula is C18H25N3O2S. The SMILES string of the molecule is NC(=O)CSc1ccccc1NC(=O)C1CC2CCCC(C1)C2N. The first-order valence-electron chi connectivity index (χ1n) is 8.61. The van der Waals surface area contributed by atoms with Crippen LogP contribution >= 0.6 is 11.8 Å². The number of rotatable bonds is 5. The van der Waals surface area contributed by atoms with E-state index in [0.29, 0.717) is 11.8 Å². The van der Waals surface area contributed by atoms with Crippen LogP contribution in [0.15, 0.2) is 29.2 Å². The van der Waals surface area contributed by atoms with Crippen molar-refractivity contribution in [3.05, 3.63) is 24.3 Å². The highest BCUT2D eigenvalue weighted by Gasteiger charge is 2.40. The summed E-state index contributed by atoms with van der Waals surface area (Å²) in [5, 5.41) is 3.06. The van der Waals surface area contributed by atoms with E-state index < -0.39 is 0 Å². The normalized spacial score (nSPS) is 29.0. The molecule has 1 aromatic rings. The topological polar surface area (TPSA) is 98.2 Å². The third kappa shape index (κ3) is 3.92. The lowest BCUT2D eigenvalue weighted by atomic mass is 9.65. The van der Waals surface area contributed by atoms with Crippen LogP contribution in [0.2, 0.25) is 0 Å². The lowest BCUT2D eigenvalue weighted by Crippen LogP contribution is -2.48. The van der Waals surface area contributed by atoms with Crippen molar-refractivity contribution in [2.24, 2.45) is 29.2 Å². The molecular weight excluding hydrogens is 322 g/mol. The second-order valence-electron chi connectivity index (χ2n) is 6.94. The van der Waals surface area contributed by atoms with Crippen LogP contribution in [0.5, 0.6) is 0 Å². The number of benzene rings is 1. The first kappa shape index (κ1) is 17.3. The van der Waals surface area contributed by atoms with Gasteiger partial charge >= 0.3 is 0 Å². The van der Waals surface area contributed by atoms with Gasteiger partial charge in [0.25, 0.3) is 0 Å². The summed E-state index contributed by atoms with van der Waals surface area (Å²) in [6.07, 6.45) is 5.31. The number of hydrogen-bond donors (Lipinski definition) is 3. The molecule has 2 fully saturated rings. The average molecular weight is 347 g/mol. The Balaban J connectivity index is 1.66. The van der Waals surface area contributed by atoms with Crippen LogP contribution in [0.4, 0.5) is 5.69 Å². The number of thioether (sulfide) groups is 1. The number of fused-ring (bicyclic) bond motifs is 2. The third-order valence-corrected chi connectivity index (χ3v) is 6.39. The number of nitrogens with two attached hydrogens (primary N) is 2. The Bertz CT molecular complexity index is 608. The van der Waals surface area contributed by atoms with Gasteiger partial charge in [0.2, 0.25) is 11.8 Å². The van der Waals surface area contributed by atoms with Gasteiger partial charge in [0.05, 0.1) is 11.4 Å². The molecule has 0 saturated heterocycles. The van der Waals surface area contributed by atoms with E-state index in [-0.39, 0.29) is 29.5 Å². The summed E-state index contributed by atoms with van der Waals surface area (Å²) in [5.74, 6) is 0.908. The van der Waals surface area contributed by atoms with Crippen LogP contribution in [0.25, 0.3) is 0 Å². The Labute approximate surface area is 146 Å². The molecule has 2 aliphatic rings. The van der Waals surface area contributed by atoms with Gasteiger partial charge in [-0.05, 0) is 49.7 Å². The quantitative estimate of drug-likeness (QED) is 0.712. The first-order chi connectivity index (χ1) is 11.5. The maximum atomic E-state index is 12.7. The maximum Gasteiger partial charge on any atom is 0.227 e. The predicted molar refractivity (Wildman–Crippen MR) is 96.5 cm³/mol. The second-order valence-corrected chi connectivity index (χ2v) is 7.95. The molecule has 2 amide bonds. The summed E-state index contributed by atoms with van der Waals surface area (Å²) < 4.78 is 0. The molecule has 1 aromatic carbocycles. The zero-order chi connectivity index (χ0) is 17.1. The van der Waals surface area contributed by atoms with Crippen molar-refractivity contribution >= 4 is 29.3 Å². The van der Waals surface area contributed by atoms with Crippen molar-refractivity contribution in [3.8, 4) is 0 Å². The molecule has 2 saturated carbocycles. The lowest BCUT2D eigenvalue weighted by molar-refractivity contribution is -0.122. The standard InChI is InChI=1S/C18H25N3O2S/c19-16(22)10-24-15-7-2-1-6-14(15)21-18(23)13-8-11-4-3-5-12(9-13)17(11)20/h1-2,6-7,11-13,17H,3-5,8-10,20H2,(H2,19,22)(H,21,23). The summed E-state index contributed by atoms with van der Waals surface area (Å²) in [4.78, 5) is 24.6. The molecule has 130 valence electrons. The molecule has 0 spiro atoms. The molecule has 0 aliphatic heterocycles. The number of primary amides is 1. The number of nitrogens with one attached hydrogen (secondary N) is 1. The lowest BCUT2D eigenvalue weighted by Gasteiger charge is -2.43. The van der Waals surface area contributed by atoms with E-state index in [1.807, 2.05) is 24.3 Å². The molecule has 2 aliphatic carbocycles. The van der Waals surface area contributed by atoms with Crippen LogP contribution in [0.3, 0.4) is 0 Å². The number of carbonyl (C=O) groups is 2. The highest BCUT2D eigenvalue weighted by Crippen LogP contribution is 2.42. The Morgan fingerprint density at radius 2 is 1.83 bits per heavy atom. The monoisotopic (exact) mass is 347 g/mol. The Kier molecular flexibility index (Phi) is 5.46. The summed E-state index contributed by atoms with van der Waals surface area (Å²) in [6, 6.07) is 7.81. The van der Waals surface area contributed by atoms with Gasteiger partial charge in [-0.2, -0.15) is 0 Å². The van der Waals surface area contributed by atoms with E-state index in [9.17, 15) is 9.59 Å². The summed E-state index contributed by atoms with van der Waals surface area (Å²) in [5.41, 5.74) is 12.3. The Morgan fingerprint density at radius 1 is 1.17 bits per heavy atom. The number of hydrogen-bond acceptors (Lipinski definition) is 4. The fraction of sp³-hybridized carbons (Fsp3) is 0.556. The molecule has 3 rings (SSSR count). The third-order valence-electron chi connectivity index (χ3n) is 5.30. The largest absolute Gasteiger partial charge is 0.369 e. The van der Waals surface area contributed by atoms with Gasteiger partial charge in [-0.3, -0.25) is 9.59 Å². The van der Waals surface area contributed by atoms with Crippen LogP contribution in [0.1, 0.15) is 32.1 Å². The number of para-hydroxylation sites is 1. The molecule has 24 heavy (non-hydrogen) atoms. The maximum absolute atomic E-state index is 12.7. The molecule has 6 heteroatoms. The van der Waals surface area contributed by atoms with Crippen LogP contribution in [-0.4, -0.2) is 23.6 Å². The van der Waals surface area contributed by atoms with Gasteiger partial charge in [-0.1, -0.05) is 18.6 Å². The van der Waals surface area contributed by atoms with Crippen molar-refractivity contribution in [3.63, 3.8) is 0 Å². The summed E-state index contributed by atoms with van der Waals surface area (Å²) in [6.45, 7) is 0. The molecule has 2 bridgehead atoms. The van der Waals surface area contributed by atoms with E-state index in [4.69, 9.17) is 11.5 Å². The minimum atomic E-state index is -0.366. The molecule has 0 heterocycles. The van der Waals surface area contributed by atoms with Gasteiger partial charge in [-0.25, -0.2) is 0 Å². The van der Waals surface area contributed by atoms with Crippen LogP contribution < -0.4 is 16.8 Å². The smallest absolute Gasteiger partial charge is 0.227 e. The van der Waals surface area contributed by atoms with Gasteiger partial charge in [0.1, 0.15) is 0 Å². The van der Waals surface area contributed by atoms with Gasteiger partial charge in [0, 0.05) is 16.9 Å². The Hall–Kier alpha value is -1.53. The van der Waals surface area contributed by atoms with E-state index in [2.05, 4.69) is 5.32 Å². The molecule has 0 aromatic heterocycles. The van der Waals surface area contributed by atoms with Crippen molar-refractivity contribution in [1.29, 1.82) is 0 Å². The molecule has 2 atom stereocenters. The highest BCUT2D eigenvalue weighted by atomic mass is 32.2. The van der Waals surface area contributed by atoms with Gasteiger partial charge < -0.3 is 16.8 Å². The zero-order valence-corrected chi connectivity index (χ0v) is 14.6. The zero-order valence-electron chi connectivity index (χ0n) is 13.7. The first-order valence-corrected chi connectivity index (χ1v) is 9.59. The molecule has 0 radical (unpaired) electrons. The fourth-order valence-corrected chi connectivity index (χ4v) is 4.83. The summed E-state index contributed by atoms with van der Waals surface area (Å²) in [7, 11) is 0. The van der Waals surface area contributed by atoms with Crippen molar-refractivity contribution in [2.45, 2.75) is 43.0 Å². The van der Waals surface area contributed by atoms with Crippen LogP contribution in [0, 0.1) is 17.8 Å². The van der Waals surface area contributed by atoms with Gasteiger partial charge in [0.15, 0.2) is 0 Å². The van der Waals surface area contributed by atoms with E-state index >= 15 is 0 Å². The van der Waals surface area contributed by atoms with Crippen molar-refractivity contribution in [2.75, 3.05) is 11.1 Å². The highest BCUT2D eigenvalue weighted by molar-refractivity contribution is 8.00. The number of amides is 2. The fourth-order valence-electron chi connectivity index (χ4n) is 4.08. The second kappa shape index (κ2) is 7.57. The predicted octanol–water partition coefficient (Wildman–Crippen LogP) is 2.36. The van der Waals surface area contributed by atoms with Crippen molar-refractivity contribution in [1.82, 2.24) is 0 Å². The number of anilines is 1. The van der Waals surface area contributed by atoms with Crippen molar-refractivity contribution < 1.29 is 9.59 Å². The molecule has 5 N–H and O–H groups in total. The van der Waals surface area contributed by atoms with E-state index in [1.165, 1.54) is 18.2 Å². The van der Waals surface area contributed by atoms with E-state index in [1.54, 1.807) is 0 Å². The van der Waals surface area contributed by atoms with Gasteiger partial charge in [-0.15, -0.1) is 11.8 Å². The van der Waals surface area contributed by atoms with E-state index in [0.717, 1.165) is 36.3 Å². The minimum absolute atomic E-state index is 0.0364. The average Bonchev–Trinajstić information content (AvgIpc) is 2.53. The minimum Gasteiger partial charge on any atom is -0.369 e.